The standard InChI is InChI=1S/C11H15NO3/c1-13-9-6-8(4-5-12)7-10(14-2)11(9)15-3/h6,8H,4,7H2,1-3H3. The van der Waals surface area contributed by atoms with Gasteiger partial charge in [-0.25, -0.2) is 0 Å². The SMILES string of the molecule is COC1=CC(CC#N)CC(OC)=C1OC. The Kier molecular flexibility index (Phi) is 4.04. The zero-order valence-corrected chi connectivity index (χ0v) is 9.24. The Hall–Kier alpha value is -1.63. The maximum atomic E-state index is 8.65. The second-order valence-corrected chi connectivity index (χ2v) is 3.22. The summed E-state index contributed by atoms with van der Waals surface area (Å²) in [7, 11) is 4.75. The molecule has 15 heavy (non-hydrogen) atoms. The van der Waals surface area contributed by atoms with Gasteiger partial charge in [-0.2, -0.15) is 5.26 Å². The van der Waals surface area contributed by atoms with Gasteiger partial charge in [-0.1, -0.05) is 0 Å². The minimum absolute atomic E-state index is 0.138. The number of nitrogens with zero attached hydrogens (tertiary/aromatic N) is 1. The van der Waals surface area contributed by atoms with Gasteiger partial charge >= 0.3 is 0 Å². The van der Waals surface area contributed by atoms with Gasteiger partial charge in [0, 0.05) is 18.8 Å². The zero-order valence-electron chi connectivity index (χ0n) is 9.24. The molecule has 0 aromatic rings. The Morgan fingerprint density at radius 3 is 2.53 bits per heavy atom. The van der Waals surface area contributed by atoms with Crippen LogP contribution < -0.4 is 0 Å². The molecule has 1 aliphatic rings. The van der Waals surface area contributed by atoms with Gasteiger partial charge in [0.2, 0.25) is 0 Å². The number of rotatable bonds is 4. The summed E-state index contributed by atoms with van der Waals surface area (Å²) in [6, 6.07) is 2.14. The normalized spacial score (nSPS) is 20.4. The van der Waals surface area contributed by atoms with Gasteiger partial charge in [-0.05, 0) is 6.08 Å². The molecule has 0 aromatic carbocycles. The van der Waals surface area contributed by atoms with E-state index in [2.05, 4.69) is 6.07 Å². The van der Waals surface area contributed by atoms with Crippen LogP contribution in [0.4, 0.5) is 0 Å². The fourth-order valence-corrected chi connectivity index (χ4v) is 1.62. The lowest BCUT2D eigenvalue weighted by molar-refractivity contribution is 0.166. The first kappa shape index (κ1) is 11.4. The first-order valence-electron chi connectivity index (χ1n) is 4.71. The number of ether oxygens (including phenoxy) is 3. The van der Waals surface area contributed by atoms with E-state index in [-0.39, 0.29) is 5.92 Å². The number of nitriles is 1. The van der Waals surface area contributed by atoms with E-state index in [9.17, 15) is 0 Å². The zero-order chi connectivity index (χ0) is 11.3. The highest BCUT2D eigenvalue weighted by Crippen LogP contribution is 2.31. The van der Waals surface area contributed by atoms with Crippen molar-refractivity contribution in [1.29, 1.82) is 5.26 Å². The van der Waals surface area contributed by atoms with Crippen molar-refractivity contribution in [1.82, 2.24) is 0 Å². The van der Waals surface area contributed by atoms with Gasteiger partial charge in [0.15, 0.2) is 11.5 Å². The molecule has 0 aromatic heterocycles. The van der Waals surface area contributed by atoms with Crippen molar-refractivity contribution < 1.29 is 14.2 Å². The number of allylic oxidation sites excluding steroid dienone is 2. The monoisotopic (exact) mass is 209 g/mol. The van der Waals surface area contributed by atoms with E-state index in [1.54, 1.807) is 21.3 Å². The Morgan fingerprint density at radius 2 is 2.07 bits per heavy atom. The molecule has 82 valence electrons. The minimum atomic E-state index is 0.138. The summed E-state index contributed by atoms with van der Waals surface area (Å²) >= 11 is 0. The van der Waals surface area contributed by atoms with Crippen LogP contribution in [0.3, 0.4) is 0 Å². The highest BCUT2D eigenvalue weighted by molar-refractivity contribution is 5.29. The van der Waals surface area contributed by atoms with Crippen molar-refractivity contribution in [3.63, 3.8) is 0 Å². The van der Waals surface area contributed by atoms with Gasteiger partial charge in [0.05, 0.1) is 27.4 Å². The van der Waals surface area contributed by atoms with E-state index >= 15 is 0 Å². The predicted molar refractivity (Wildman–Crippen MR) is 54.5 cm³/mol. The highest BCUT2D eigenvalue weighted by atomic mass is 16.5. The second kappa shape index (κ2) is 5.30. The lowest BCUT2D eigenvalue weighted by Gasteiger charge is -2.22. The summed E-state index contributed by atoms with van der Waals surface area (Å²) in [4.78, 5) is 0. The molecular weight excluding hydrogens is 194 g/mol. The molecule has 0 spiro atoms. The largest absolute Gasteiger partial charge is 0.497 e. The van der Waals surface area contributed by atoms with Crippen molar-refractivity contribution >= 4 is 0 Å². The fourth-order valence-electron chi connectivity index (χ4n) is 1.62. The summed E-state index contributed by atoms with van der Waals surface area (Å²) < 4.78 is 15.6. The minimum Gasteiger partial charge on any atom is -0.497 e. The van der Waals surface area contributed by atoms with E-state index in [1.807, 2.05) is 6.08 Å². The van der Waals surface area contributed by atoms with Crippen molar-refractivity contribution in [2.24, 2.45) is 5.92 Å². The van der Waals surface area contributed by atoms with Crippen LogP contribution >= 0.6 is 0 Å². The molecule has 0 amide bonds. The van der Waals surface area contributed by atoms with Crippen LogP contribution in [-0.2, 0) is 14.2 Å². The van der Waals surface area contributed by atoms with Crippen molar-refractivity contribution in [3.05, 3.63) is 23.4 Å². The summed E-state index contributed by atoms with van der Waals surface area (Å²) in [6.07, 6.45) is 3.04. The lowest BCUT2D eigenvalue weighted by atomic mass is 9.95. The van der Waals surface area contributed by atoms with E-state index in [0.29, 0.717) is 24.4 Å². The highest BCUT2D eigenvalue weighted by Gasteiger charge is 2.24. The Labute approximate surface area is 89.7 Å². The lowest BCUT2D eigenvalue weighted by Crippen LogP contribution is -2.13. The van der Waals surface area contributed by atoms with E-state index in [1.165, 1.54) is 0 Å². The molecule has 4 heteroatoms. The smallest absolute Gasteiger partial charge is 0.198 e. The van der Waals surface area contributed by atoms with E-state index in [0.717, 1.165) is 5.76 Å². The molecule has 4 nitrogen and oxygen atoms in total. The van der Waals surface area contributed by atoms with E-state index in [4.69, 9.17) is 19.5 Å². The molecule has 0 saturated heterocycles. The molecule has 0 radical (unpaired) electrons. The van der Waals surface area contributed by atoms with Gasteiger partial charge in [-0.3, -0.25) is 0 Å². The van der Waals surface area contributed by atoms with Crippen LogP contribution in [0.2, 0.25) is 0 Å². The van der Waals surface area contributed by atoms with Crippen molar-refractivity contribution in [2.45, 2.75) is 12.8 Å². The van der Waals surface area contributed by atoms with Crippen LogP contribution in [-0.4, -0.2) is 21.3 Å². The third kappa shape index (κ3) is 2.44. The Bertz CT molecular complexity index is 325. The van der Waals surface area contributed by atoms with Crippen molar-refractivity contribution in [3.8, 4) is 6.07 Å². The molecule has 0 fully saturated rings. The number of methoxy groups -OCH3 is 3. The van der Waals surface area contributed by atoms with E-state index < -0.39 is 0 Å². The average molecular weight is 209 g/mol. The second-order valence-electron chi connectivity index (χ2n) is 3.22. The summed E-state index contributed by atoms with van der Waals surface area (Å²) in [5.74, 6) is 2.13. The molecule has 0 saturated carbocycles. The first-order valence-corrected chi connectivity index (χ1v) is 4.71. The van der Waals surface area contributed by atoms with Gasteiger partial charge < -0.3 is 14.2 Å². The molecule has 0 aliphatic heterocycles. The predicted octanol–water partition coefficient (Wildman–Crippen LogP) is 1.95. The van der Waals surface area contributed by atoms with Crippen LogP contribution in [0.5, 0.6) is 0 Å². The first-order chi connectivity index (χ1) is 7.26. The molecule has 1 rings (SSSR count). The number of hydrogen-bond donors (Lipinski definition) is 0. The molecule has 1 unspecified atom stereocenters. The van der Waals surface area contributed by atoms with Gasteiger partial charge in [-0.15, -0.1) is 0 Å². The molecular formula is C11H15NO3. The van der Waals surface area contributed by atoms with Crippen LogP contribution in [0.15, 0.2) is 23.4 Å². The van der Waals surface area contributed by atoms with Crippen molar-refractivity contribution in [2.75, 3.05) is 21.3 Å². The quantitative estimate of drug-likeness (QED) is 0.710. The maximum absolute atomic E-state index is 8.65. The van der Waals surface area contributed by atoms with Crippen LogP contribution in [0, 0.1) is 17.2 Å². The molecule has 1 aliphatic carbocycles. The maximum Gasteiger partial charge on any atom is 0.198 e. The molecule has 0 N–H and O–H groups in total. The molecule has 1 atom stereocenters. The van der Waals surface area contributed by atoms with Crippen LogP contribution in [0.1, 0.15) is 12.8 Å². The van der Waals surface area contributed by atoms with Gasteiger partial charge in [0.1, 0.15) is 5.76 Å². The third-order valence-electron chi connectivity index (χ3n) is 2.34. The summed E-state index contributed by atoms with van der Waals surface area (Å²) in [5.41, 5.74) is 0. The van der Waals surface area contributed by atoms with Crippen LogP contribution in [0.25, 0.3) is 0 Å². The summed E-state index contributed by atoms with van der Waals surface area (Å²) in [6.45, 7) is 0. The summed E-state index contributed by atoms with van der Waals surface area (Å²) in [5, 5.41) is 8.65. The molecule has 0 bridgehead atoms. The number of hydrogen-bond acceptors (Lipinski definition) is 4. The third-order valence-corrected chi connectivity index (χ3v) is 2.34. The fraction of sp³-hybridized carbons (Fsp3) is 0.545. The Balaban J connectivity index is 2.94. The molecule has 0 heterocycles. The average Bonchev–Trinajstić information content (AvgIpc) is 2.28. The Morgan fingerprint density at radius 1 is 1.33 bits per heavy atom. The van der Waals surface area contributed by atoms with Gasteiger partial charge in [0.25, 0.3) is 0 Å². The topological polar surface area (TPSA) is 51.5 Å².